The molecule has 4 rings (SSSR count). The van der Waals surface area contributed by atoms with Crippen molar-refractivity contribution < 1.29 is 9.90 Å². The summed E-state index contributed by atoms with van der Waals surface area (Å²) in [7, 11) is 0. The predicted molar refractivity (Wildman–Crippen MR) is 107 cm³/mol. The molecular formula is C18H18N6O3S. The van der Waals surface area contributed by atoms with E-state index < -0.39 is 5.97 Å². The number of carboxylic acids is 1. The highest BCUT2D eigenvalue weighted by Crippen LogP contribution is 2.23. The van der Waals surface area contributed by atoms with E-state index in [1.165, 1.54) is 23.3 Å². The average molecular weight is 398 g/mol. The van der Waals surface area contributed by atoms with E-state index in [0.717, 1.165) is 12.0 Å². The molecule has 3 aromatic heterocycles. The SMILES string of the molecule is CC[C@@H](c1ccccc1)n1ncc2nc(-n3cc(C(=O)O)cn3)[nH]c(=O)c21.S. The van der Waals surface area contributed by atoms with Gasteiger partial charge in [-0.3, -0.25) is 14.5 Å². The van der Waals surface area contributed by atoms with Crippen LogP contribution in [0.5, 0.6) is 0 Å². The van der Waals surface area contributed by atoms with Crippen molar-refractivity contribution in [2.24, 2.45) is 0 Å². The van der Waals surface area contributed by atoms with Crippen LogP contribution in [-0.2, 0) is 0 Å². The van der Waals surface area contributed by atoms with Crippen LogP contribution < -0.4 is 5.56 Å². The van der Waals surface area contributed by atoms with Gasteiger partial charge in [0.2, 0.25) is 5.95 Å². The van der Waals surface area contributed by atoms with Crippen molar-refractivity contribution in [2.75, 3.05) is 0 Å². The second kappa shape index (κ2) is 7.69. The van der Waals surface area contributed by atoms with Gasteiger partial charge < -0.3 is 5.11 Å². The molecule has 0 spiro atoms. The molecule has 10 heteroatoms. The van der Waals surface area contributed by atoms with Crippen molar-refractivity contribution in [3.63, 3.8) is 0 Å². The van der Waals surface area contributed by atoms with E-state index in [1.807, 2.05) is 37.3 Å². The molecule has 0 saturated carbocycles. The molecule has 0 aliphatic heterocycles. The smallest absolute Gasteiger partial charge is 0.338 e. The van der Waals surface area contributed by atoms with Gasteiger partial charge in [-0.15, -0.1) is 0 Å². The van der Waals surface area contributed by atoms with E-state index in [4.69, 9.17) is 5.11 Å². The van der Waals surface area contributed by atoms with Gasteiger partial charge in [0.05, 0.1) is 24.0 Å². The van der Waals surface area contributed by atoms with Gasteiger partial charge in [0.1, 0.15) is 5.52 Å². The molecule has 144 valence electrons. The van der Waals surface area contributed by atoms with Crippen LogP contribution in [0.3, 0.4) is 0 Å². The van der Waals surface area contributed by atoms with Crippen LogP contribution in [0.4, 0.5) is 0 Å². The van der Waals surface area contributed by atoms with E-state index in [9.17, 15) is 9.59 Å². The first kappa shape index (κ1) is 19.4. The highest BCUT2D eigenvalue weighted by Gasteiger charge is 2.19. The Hall–Kier alpha value is -3.40. The zero-order valence-corrected chi connectivity index (χ0v) is 15.9. The molecule has 1 aromatic carbocycles. The lowest BCUT2D eigenvalue weighted by Gasteiger charge is -2.16. The van der Waals surface area contributed by atoms with Crippen molar-refractivity contribution in [3.8, 4) is 5.95 Å². The van der Waals surface area contributed by atoms with Gasteiger partial charge in [-0.05, 0) is 12.0 Å². The third-order valence-corrected chi connectivity index (χ3v) is 4.36. The summed E-state index contributed by atoms with van der Waals surface area (Å²) in [5.74, 6) is -0.974. The molecule has 28 heavy (non-hydrogen) atoms. The summed E-state index contributed by atoms with van der Waals surface area (Å²) < 4.78 is 2.89. The van der Waals surface area contributed by atoms with Crippen LogP contribution >= 0.6 is 13.5 Å². The molecule has 0 bridgehead atoms. The first-order valence-corrected chi connectivity index (χ1v) is 8.39. The fourth-order valence-electron chi connectivity index (χ4n) is 3.08. The molecule has 0 unspecified atom stereocenters. The van der Waals surface area contributed by atoms with Crippen LogP contribution in [0.1, 0.15) is 35.3 Å². The Morgan fingerprint density at radius 2 is 1.96 bits per heavy atom. The second-order valence-electron chi connectivity index (χ2n) is 6.03. The van der Waals surface area contributed by atoms with Crippen molar-refractivity contribution in [1.29, 1.82) is 0 Å². The van der Waals surface area contributed by atoms with E-state index in [2.05, 4.69) is 20.2 Å². The topological polar surface area (TPSA) is 119 Å². The lowest BCUT2D eigenvalue weighted by Crippen LogP contribution is -2.19. The Balaban J connectivity index is 0.00000225. The molecule has 0 saturated heterocycles. The number of hydrogen-bond donors (Lipinski definition) is 2. The normalized spacial score (nSPS) is 11.9. The molecule has 0 amide bonds. The van der Waals surface area contributed by atoms with Gasteiger partial charge in [-0.2, -0.15) is 23.7 Å². The van der Waals surface area contributed by atoms with Crippen LogP contribution in [0.15, 0.2) is 53.7 Å². The minimum atomic E-state index is -1.11. The maximum absolute atomic E-state index is 12.7. The number of H-pyrrole nitrogens is 1. The van der Waals surface area contributed by atoms with E-state index >= 15 is 0 Å². The van der Waals surface area contributed by atoms with Crippen LogP contribution in [-0.4, -0.2) is 40.6 Å². The molecule has 0 fully saturated rings. The van der Waals surface area contributed by atoms with Crippen molar-refractivity contribution in [1.82, 2.24) is 29.5 Å². The Labute approximate surface area is 166 Å². The molecule has 9 nitrogen and oxygen atoms in total. The zero-order valence-electron chi connectivity index (χ0n) is 14.9. The lowest BCUT2D eigenvalue weighted by molar-refractivity contribution is 0.0697. The number of aromatic nitrogens is 6. The van der Waals surface area contributed by atoms with E-state index in [0.29, 0.717) is 11.0 Å². The van der Waals surface area contributed by atoms with Crippen LogP contribution in [0.2, 0.25) is 0 Å². The van der Waals surface area contributed by atoms with E-state index in [-0.39, 0.29) is 36.6 Å². The summed E-state index contributed by atoms with van der Waals surface area (Å²) in [4.78, 5) is 30.8. The number of rotatable bonds is 5. The summed E-state index contributed by atoms with van der Waals surface area (Å²) >= 11 is 0. The van der Waals surface area contributed by atoms with Gasteiger partial charge >= 0.3 is 5.97 Å². The maximum Gasteiger partial charge on any atom is 0.338 e. The Kier molecular flexibility index (Phi) is 5.32. The number of benzene rings is 1. The Morgan fingerprint density at radius 3 is 2.61 bits per heavy atom. The third-order valence-electron chi connectivity index (χ3n) is 4.36. The van der Waals surface area contributed by atoms with Crippen molar-refractivity contribution >= 4 is 30.5 Å². The quantitative estimate of drug-likeness (QED) is 0.531. The number of aromatic carboxylic acids is 1. The molecule has 0 radical (unpaired) electrons. The highest BCUT2D eigenvalue weighted by molar-refractivity contribution is 7.59. The number of carbonyl (C=O) groups is 1. The summed E-state index contributed by atoms with van der Waals surface area (Å²) in [5, 5.41) is 17.3. The van der Waals surface area contributed by atoms with Crippen molar-refractivity contribution in [3.05, 3.63) is 70.4 Å². The third kappa shape index (κ3) is 3.29. The minimum Gasteiger partial charge on any atom is -0.478 e. The van der Waals surface area contributed by atoms with Crippen molar-refractivity contribution in [2.45, 2.75) is 19.4 Å². The fraction of sp³-hybridized carbons (Fsp3) is 0.167. The van der Waals surface area contributed by atoms with Gasteiger partial charge in [0.25, 0.3) is 5.56 Å². The lowest BCUT2D eigenvalue weighted by atomic mass is 10.0. The molecule has 3 heterocycles. The highest BCUT2D eigenvalue weighted by atomic mass is 32.1. The van der Waals surface area contributed by atoms with Gasteiger partial charge in [-0.1, -0.05) is 37.3 Å². The molecule has 0 aliphatic carbocycles. The molecular weight excluding hydrogens is 380 g/mol. The number of aromatic amines is 1. The summed E-state index contributed by atoms with van der Waals surface area (Å²) in [5.41, 5.74) is 1.46. The van der Waals surface area contributed by atoms with Gasteiger partial charge in [-0.25, -0.2) is 14.5 Å². The van der Waals surface area contributed by atoms with Crippen LogP contribution in [0, 0.1) is 0 Å². The monoisotopic (exact) mass is 398 g/mol. The largest absolute Gasteiger partial charge is 0.478 e. The first-order chi connectivity index (χ1) is 13.1. The standard InChI is InChI=1S/C18H16N6O3.H2S/c1-2-14(11-6-4-3-5-7-11)24-15-13(9-20-24)21-18(22-16(15)25)23-10-12(8-19-23)17(26)27;/h3-10,14H,2H2,1H3,(H,26,27)(H,21,22,25);1H2/t14-;/m0./s1. The van der Waals surface area contributed by atoms with Gasteiger partial charge in [0.15, 0.2) is 5.52 Å². The number of hydrogen-bond acceptors (Lipinski definition) is 5. The Bertz CT molecular complexity index is 1180. The summed E-state index contributed by atoms with van der Waals surface area (Å²) in [6, 6.07) is 9.72. The summed E-state index contributed by atoms with van der Waals surface area (Å²) in [6.07, 6.45) is 4.76. The number of carboxylic acid groups (broad SMARTS) is 1. The molecule has 4 aromatic rings. The molecule has 2 N–H and O–H groups in total. The Morgan fingerprint density at radius 1 is 1.21 bits per heavy atom. The predicted octanol–water partition coefficient (Wildman–Crippen LogP) is 2.12. The maximum atomic E-state index is 12.7. The number of nitrogens with one attached hydrogen (secondary N) is 1. The average Bonchev–Trinajstić information content (AvgIpc) is 3.31. The van der Waals surface area contributed by atoms with Crippen LogP contribution in [0.25, 0.3) is 17.0 Å². The zero-order chi connectivity index (χ0) is 19.0. The minimum absolute atomic E-state index is 0. The van der Waals surface area contributed by atoms with E-state index in [1.54, 1.807) is 4.68 Å². The number of fused-ring (bicyclic) bond motifs is 1. The second-order valence-corrected chi connectivity index (χ2v) is 6.03. The molecule has 0 aliphatic rings. The van der Waals surface area contributed by atoms with Gasteiger partial charge in [0, 0.05) is 6.20 Å². The number of nitrogens with zero attached hydrogens (tertiary/aromatic N) is 5. The summed E-state index contributed by atoms with van der Waals surface area (Å²) in [6.45, 7) is 2.03. The first-order valence-electron chi connectivity index (χ1n) is 8.39. The molecule has 1 atom stereocenters. The fourth-order valence-corrected chi connectivity index (χ4v) is 3.08.